The monoisotopic (exact) mass is 550 g/mol. The van der Waals surface area contributed by atoms with Crippen LogP contribution in [0.4, 0.5) is 5.95 Å². The van der Waals surface area contributed by atoms with E-state index in [1.54, 1.807) is 31.5 Å². The third kappa shape index (κ3) is 6.32. The first kappa shape index (κ1) is 27.3. The van der Waals surface area contributed by atoms with Gasteiger partial charge < -0.3 is 14.2 Å². The van der Waals surface area contributed by atoms with Gasteiger partial charge in [0, 0.05) is 63.4 Å². The van der Waals surface area contributed by atoms with Crippen LogP contribution in [-0.2, 0) is 9.53 Å². The maximum Gasteiger partial charge on any atom is 0.258 e. The van der Waals surface area contributed by atoms with Crippen LogP contribution in [-0.4, -0.2) is 82.1 Å². The van der Waals surface area contributed by atoms with Crippen LogP contribution in [0.2, 0.25) is 5.02 Å². The number of rotatable bonds is 7. The lowest BCUT2D eigenvalue weighted by molar-refractivity contribution is -0.126. The molecule has 0 spiro atoms. The summed E-state index contributed by atoms with van der Waals surface area (Å²) in [7, 11) is 1.75. The van der Waals surface area contributed by atoms with Gasteiger partial charge in [-0.05, 0) is 56.9 Å². The molecule has 39 heavy (non-hydrogen) atoms. The summed E-state index contributed by atoms with van der Waals surface area (Å²) in [6, 6.07) is 8.89. The second-order valence-electron chi connectivity index (χ2n) is 10.3. The summed E-state index contributed by atoms with van der Waals surface area (Å²) in [5.41, 5.74) is 2.72. The van der Waals surface area contributed by atoms with E-state index in [-0.39, 0.29) is 24.0 Å². The lowest BCUT2D eigenvalue weighted by Crippen LogP contribution is -2.35. The minimum Gasteiger partial charge on any atom is -0.380 e. The van der Waals surface area contributed by atoms with E-state index in [1.807, 2.05) is 40.7 Å². The molecule has 2 fully saturated rings. The second-order valence-corrected chi connectivity index (χ2v) is 10.7. The normalized spacial score (nSPS) is 20.5. The predicted molar refractivity (Wildman–Crippen MR) is 152 cm³/mol. The molecule has 9 nitrogen and oxygen atoms in total. The number of aromatic nitrogens is 3. The van der Waals surface area contributed by atoms with Gasteiger partial charge in [0.15, 0.2) is 0 Å². The van der Waals surface area contributed by atoms with Gasteiger partial charge in [-0.15, -0.1) is 0 Å². The zero-order valence-corrected chi connectivity index (χ0v) is 23.2. The minimum absolute atomic E-state index is 0.00208. The minimum atomic E-state index is -0.268. The van der Waals surface area contributed by atoms with Gasteiger partial charge in [-0.1, -0.05) is 23.7 Å². The summed E-state index contributed by atoms with van der Waals surface area (Å²) < 4.78 is 7.45. The molecule has 3 aromatic rings. The molecule has 2 amide bonds. The second kappa shape index (κ2) is 12.3. The highest BCUT2D eigenvalue weighted by molar-refractivity contribution is 6.35. The fourth-order valence-corrected chi connectivity index (χ4v) is 5.77. The highest BCUT2D eigenvalue weighted by Gasteiger charge is 2.28. The van der Waals surface area contributed by atoms with Crippen LogP contribution in [0.3, 0.4) is 0 Å². The molecule has 5 rings (SSSR count). The van der Waals surface area contributed by atoms with Crippen LogP contribution in [0.25, 0.3) is 11.0 Å². The number of anilines is 1. The number of halogens is 1. The number of nitrogens with one attached hydrogen (secondary N) is 1. The molecule has 0 saturated carbocycles. The number of hydrogen-bond donors (Lipinski definition) is 1. The van der Waals surface area contributed by atoms with Gasteiger partial charge in [0.05, 0.1) is 28.2 Å². The Bertz CT molecular complexity index is 1370. The standard InChI is InChI=1S/C29H35ClN6O3/c1-20-17-21(11-13-31-20)28(38)33-29-32-25-9-5-8-24(30)27(25)36(29)22-7-3-4-15-35(18-22)26(37)10-6-14-34-16-12-23(19-34)39-2/h5-6,8-11,13,17,22-23H,3-4,7,12,14-16,18-19H2,1-2H3,(H,32,33,38)/b10-6+/t22-,23-/m1/s1. The summed E-state index contributed by atoms with van der Waals surface area (Å²) in [6.07, 6.45) is 9.26. The first-order valence-electron chi connectivity index (χ1n) is 13.5. The molecule has 2 saturated heterocycles. The van der Waals surface area contributed by atoms with Gasteiger partial charge in [-0.2, -0.15) is 0 Å². The number of methoxy groups -OCH3 is 1. The Kier molecular flexibility index (Phi) is 8.60. The third-order valence-electron chi connectivity index (χ3n) is 7.55. The predicted octanol–water partition coefficient (Wildman–Crippen LogP) is 4.48. The smallest absolute Gasteiger partial charge is 0.258 e. The van der Waals surface area contributed by atoms with Crippen molar-refractivity contribution in [1.29, 1.82) is 0 Å². The van der Waals surface area contributed by atoms with Crippen LogP contribution in [0, 0.1) is 6.92 Å². The summed E-state index contributed by atoms with van der Waals surface area (Å²) in [5.74, 6) is 0.155. The van der Waals surface area contributed by atoms with Gasteiger partial charge in [0.25, 0.3) is 5.91 Å². The lowest BCUT2D eigenvalue weighted by atomic mass is 10.1. The maximum atomic E-state index is 13.2. The first-order valence-corrected chi connectivity index (χ1v) is 13.9. The zero-order chi connectivity index (χ0) is 27.4. The fourth-order valence-electron chi connectivity index (χ4n) is 5.50. The number of fused-ring (bicyclic) bond motifs is 1. The Morgan fingerprint density at radius 3 is 2.85 bits per heavy atom. The average Bonchev–Trinajstić information content (AvgIpc) is 3.45. The van der Waals surface area contributed by atoms with E-state index in [2.05, 4.69) is 15.2 Å². The number of ether oxygens (including phenoxy) is 1. The van der Waals surface area contributed by atoms with Crippen LogP contribution in [0.5, 0.6) is 0 Å². The number of pyridine rings is 1. The largest absolute Gasteiger partial charge is 0.380 e. The van der Waals surface area contributed by atoms with Crippen molar-refractivity contribution in [3.05, 3.63) is 65.0 Å². The van der Waals surface area contributed by atoms with Crippen molar-refractivity contribution in [2.24, 2.45) is 0 Å². The molecule has 2 aromatic heterocycles. The highest BCUT2D eigenvalue weighted by atomic mass is 35.5. The van der Waals surface area contributed by atoms with Gasteiger partial charge in [0.1, 0.15) is 0 Å². The van der Waals surface area contributed by atoms with Crippen molar-refractivity contribution in [3.63, 3.8) is 0 Å². The summed E-state index contributed by atoms with van der Waals surface area (Å²) in [5, 5.41) is 3.56. The molecule has 4 heterocycles. The number of carbonyl (C=O) groups is 2. The van der Waals surface area contributed by atoms with E-state index in [1.165, 1.54) is 0 Å². The molecule has 1 N–H and O–H groups in total. The number of likely N-dealkylation sites (tertiary alicyclic amines) is 2. The van der Waals surface area contributed by atoms with E-state index >= 15 is 0 Å². The van der Waals surface area contributed by atoms with E-state index in [0.29, 0.717) is 35.1 Å². The molecule has 2 aliphatic rings. The van der Waals surface area contributed by atoms with Crippen LogP contribution >= 0.6 is 11.6 Å². The maximum absolute atomic E-state index is 13.2. The van der Waals surface area contributed by atoms with Crippen LogP contribution in [0.1, 0.15) is 47.8 Å². The molecule has 0 bridgehead atoms. The molecule has 1 aromatic carbocycles. The molecule has 0 aliphatic carbocycles. The third-order valence-corrected chi connectivity index (χ3v) is 7.86. The Hall–Kier alpha value is -3.27. The molecular weight excluding hydrogens is 516 g/mol. The average molecular weight is 551 g/mol. The molecule has 10 heteroatoms. The molecule has 2 atom stereocenters. The van der Waals surface area contributed by atoms with Crippen molar-refractivity contribution >= 4 is 40.4 Å². The Morgan fingerprint density at radius 2 is 2.05 bits per heavy atom. The number of nitrogens with zero attached hydrogens (tertiary/aromatic N) is 5. The molecule has 206 valence electrons. The van der Waals surface area contributed by atoms with Gasteiger partial charge >= 0.3 is 0 Å². The Labute approximate surface area is 233 Å². The number of carbonyl (C=O) groups excluding carboxylic acids is 2. The number of benzene rings is 1. The summed E-state index contributed by atoms with van der Waals surface area (Å²) in [4.78, 5) is 39.5. The van der Waals surface area contributed by atoms with Crippen molar-refractivity contribution in [3.8, 4) is 0 Å². The van der Waals surface area contributed by atoms with E-state index in [0.717, 1.165) is 56.5 Å². The number of imidazole rings is 1. The fraction of sp³-hybridized carbons (Fsp3) is 0.448. The summed E-state index contributed by atoms with van der Waals surface area (Å²) >= 11 is 6.67. The molecule has 2 aliphatic heterocycles. The Balaban J connectivity index is 1.37. The number of amides is 2. The highest BCUT2D eigenvalue weighted by Crippen LogP contribution is 2.34. The van der Waals surface area contributed by atoms with Crippen molar-refractivity contribution < 1.29 is 14.3 Å². The van der Waals surface area contributed by atoms with Gasteiger partial charge in [-0.25, -0.2) is 4.98 Å². The van der Waals surface area contributed by atoms with Gasteiger partial charge in [0.2, 0.25) is 11.9 Å². The topological polar surface area (TPSA) is 92.6 Å². The molecule has 0 unspecified atom stereocenters. The van der Waals surface area contributed by atoms with Crippen molar-refractivity contribution in [2.75, 3.05) is 45.2 Å². The zero-order valence-electron chi connectivity index (χ0n) is 22.5. The van der Waals surface area contributed by atoms with E-state index in [4.69, 9.17) is 21.3 Å². The number of hydrogen-bond acceptors (Lipinski definition) is 6. The first-order chi connectivity index (χ1) is 18.9. The van der Waals surface area contributed by atoms with Gasteiger partial charge in [-0.3, -0.25) is 24.8 Å². The lowest BCUT2D eigenvalue weighted by Gasteiger charge is -2.26. The Morgan fingerprint density at radius 1 is 1.18 bits per heavy atom. The summed E-state index contributed by atoms with van der Waals surface area (Å²) in [6.45, 7) is 5.64. The van der Waals surface area contributed by atoms with Crippen molar-refractivity contribution in [2.45, 2.75) is 44.8 Å². The number of aryl methyl sites for hydroxylation is 1. The number of para-hydroxylation sites is 1. The van der Waals surface area contributed by atoms with E-state index in [9.17, 15) is 9.59 Å². The van der Waals surface area contributed by atoms with Crippen LogP contribution in [0.15, 0.2) is 48.7 Å². The van der Waals surface area contributed by atoms with Crippen molar-refractivity contribution in [1.82, 2.24) is 24.3 Å². The van der Waals surface area contributed by atoms with E-state index < -0.39 is 0 Å². The SMILES string of the molecule is CO[C@@H]1CCN(C/C=C/C(=O)N2CCCC[C@@H](n3c(NC(=O)c4ccnc(C)c4)nc4cccc(Cl)c43)C2)C1. The van der Waals surface area contributed by atoms with Crippen LogP contribution < -0.4 is 5.32 Å². The molecular formula is C29H35ClN6O3. The quantitative estimate of drug-likeness (QED) is 0.436. The molecule has 0 radical (unpaired) electrons.